The molecule has 140 valence electrons. The summed E-state index contributed by atoms with van der Waals surface area (Å²) in [5.74, 6) is -0.884. The number of carbonyl (C=O) groups excluding carboxylic acids is 1. The predicted octanol–water partition coefficient (Wildman–Crippen LogP) is 5.41. The first-order valence-corrected chi connectivity index (χ1v) is 8.34. The Morgan fingerprint density at radius 3 is 2.33 bits per heavy atom. The highest BCUT2D eigenvalue weighted by molar-refractivity contribution is 6.30. The van der Waals surface area contributed by atoms with Gasteiger partial charge in [0.25, 0.3) is 5.91 Å². The van der Waals surface area contributed by atoms with E-state index in [2.05, 4.69) is 10.4 Å². The van der Waals surface area contributed by atoms with Crippen LogP contribution in [0.5, 0.6) is 0 Å². The van der Waals surface area contributed by atoms with Crippen LogP contribution in [0.4, 0.5) is 18.9 Å². The summed E-state index contributed by atoms with van der Waals surface area (Å²) < 4.78 is 41.7. The smallest absolute Gasteiger partial charge is 0.322 e. The third kappa shape index (κ3) is 3.98. The fraction of sp³-hybridized carbons (Fsp3) is 0.158. The van der Waals surface area contributed by atoms with E-state index in [1.54, 1.807) is 18.2 Å². The van der Waals surface area contributed by atoms with Gasteiger partial charge >= 0.3 is 6.18 Å². The maximum absolute atomic E-state index is 13.7. The molecule has 0 bridgehead atoms. The number of rotatable bonds is 3. The van der Waals surface area contributed by atoms with Crippen LogP contribution < -0.4 is 5.32 Å². The number of aryl methyl sites for hydroxylation is 2. The van der Waals surface area contributed by atoms with Gasteiger partial charge in [0.1, 0.15) is 0 Å². The number of alkyl halides is 3. The average Bonchev–Trinajstić information content (AvgIpc) is 3.04. The van der Waals surface area contributed by atoms with Gasteiger partial charge in [-0.15, -0.1) is 0 Å². The van der Waals surface area contributed by atoms with Crippen LogP contribution in [0.2, 0.25) is 5.02 Å². The van der Waals surface area contributed by atoms with Crippen LogP contribution in [-0.4, -0.2) is 15.7 Å². The summed E-state index contributed by atoms with van der Waals surface area (Å²) in [5.41, 5.74) is 0.787. The minimum Gasteiger partial charge on any atom is -0.322 e. The van der Waals surface area contributed by atoms with Crippen molar-refractivity contribution in [3.63, 3.8) is 0 Å². The minimum absolute atomic E-state index is 0.150. The van der Waals surface area contributed by atoms with Crippen molar-refractivity contribution >= 4 is 23.2 Å². The molecule has 1 heterocycles. The quantitative estimate of drug-likeness (QED) is 0.646. The Bertz CT molecular complexity index is 994. The Hall–Kier alpha value is -2.80. The normalized spacial score (nSPS) is 11.5. The first-order valence-electron chi connectivity index (χ1n) is 7.96. The summed E-state index contributed by atoms with van der Waals surface area (Å²) in [5, 5.41) is 6.65. The number of halogens is 4. The van der Waals surface area contributed by atoms with Gasteiger partial charge < -0.3 is 5.32 Å². The lowest BCUT2D eigenvalue weighted by molar-refractivity contribution is -0.143. The lowest BCUT2D eigenvalue weighted by atomic mass is 10.1. The van der Waals surface area contributed by atoms with Crippen molar-refractivity contribution in [1.29, 1.82) is 0 Å². The highest BCUT2D eigenvalue weighted by Crippen LogP contribution is 2.34. The van der Waals surface area contributed by atoms with Gasteiger partial charge in [-0.25, -0.2) is 4.68 Å². The zero-order valence-corrected chi connectivity index (χ0v) is 15.2. The molecule has 0 fully saturated rings. The number of carbonyl (C=O) groups is 1. The first kappa shape index (κ1) is 19.0. The van der Waals surface area contributed by atoms with E-state index < -0.39 is 23.3 Å². The van der Waals surface area contributed by atoms with E-state index in [-0.39, 0.29) is 5.69 Å². The lowest BCUT2D eigenvalue weighted by Crippen LogP contribution is -2.20. The minimum atomic E-state index is -4.77. The Kier molecular flexibility index (Phi) is 4.97. The summed E-state index contributed by atoms with van der Waals surface area (Å²) in [6.45, 7) is 3.75. The Morgan fingerprint density at radius 1 is 1.07 bits per heavy atom. The van der Waals surface area contributed by atoms with Crippen LogP contribution in [0, 0.1) is 13.8 Å². The van der Waals surface area contributed by atoms with E-state index in [0.29, 0.717) is 15.4 Å². The second kappa shape index (κ2) is 7.08. The van der Waals surface area contributed by atoms with E-state index in [9.17, 15) is 18.0 Å². The first-order chi connectivity index (χ1) is 12.7. The van der Waals surface area contributed by atoms with Crippen LogP contribution in [-0.2, 0) is 6.18 Å². The molecule has 0 aliphatic rings. The molecule has 27 heavy (non-hydrogen) atoms. The number of hydrogen-bond donors (Lipinski definition) is 1. The molecule has 1 aromatic heterocycles. The number of amides is 1. The fourth-order valence-electron chi connectivity index (χ4n) is 2.58. The molecule has 0 spiro atoms. The van der Waals surface area contributed by atoms with E-state index in [4.69, 9.17) is 11.6 Å². The third-order valence-corrected chi connectivity index (χ3v) is 4.37. The van der Waals surface area contributed by atoms with Gasteiger partial charge in [-0.2, -0.15) is 18.3 Å². The molecule has 1 amide bonds. The molecule has 1 N–H and O–H groups in total. The zero-order chi connectivity index (χ0) is 19.8. The molecule has 0 saturated carbocycles. The van der Waals surface area contributed by atoms with E-state index in [1.165, 1.54) is 24.3 Å². The van der Waals surface area contributed by atoms with Gasteiger partial charge in [0, 0.05) is 10.7 Å². The number of anilines is 1. The van der Waals surface area contributed by atoms with Gasteiger partial charge in [0.2, 0.25) is 0 Å². The summed E-state index contributed by atoms with van der Waals surface area (Å²) in [7, 11) is 0. The molecule has 0 aliphatic heterocycles. The van der Waals surface area contributed by atoms with Crippen molar-refractivity contribution in [3.8, 4) is 5.69 Å². The van der Waals surface area contributed by atoms with Crippen molar-refractivity contribution in [2.75, 3.05) is 5.32 Å². The number of benzene rings is 2. The molecule has 0 unspecified atom stereocenters. The Labute approximate surface area is 158 Å². The fourth-order valence-corrected chi connectivity index (χ4v) is 2.71. The molecule has 0 atom stereocenters. The number of nitrogens with zero attached hydrogens (tertiary/aromatic N) is 2. The zero-order valence-electron chi connectivity index (χ0n) is 14.4. The van der Waals surface area contributed by atoms with Gasteiger partial charge in [0.15, 0.2) is 5.69 Å². The second-order valence-electron chi connectivity index (χ2n) is 6.05. The van der Waals surface area contributed by atoms with Gasteiger partial charge in [-0.3, -0.25) is 4.79 Å². The maximum atomic E-state index is 13.7. The van der Waals surface area contributed by atoms with Crippen LogP contribution in [0.25, 0.3) is 5.69 Å². The number of hydrogen-bond acceptors (Lipinski definition) is 2. The summed E-state index contributed by atoms with van der Waals surface area (Å²) in [6, 6.07) is 10.8. The molecular formula is C19H15ClF3N3O. The van der Waals surface area contributed by atoms with Crippen molar-refractivity contribution < 1.29 is 18.0 Å². The molecule has 2 aromatic carbocycles. The van der Waals surface area contributed by atoms with Crippen LogP contribution in [0.1, 0.15) is 27.2 Å². The van der Waals surface area contributed by atoms with Crippen molar-refractivity contribution in [2.45, 2.75) is 20.0 Å². The molecule has 0 aliphatic carbocycles. The maximum Gasteiger partial charge on any atom is 0.434 e. The van der Waals surface area contributed by atoms with Gasteiger partial charge in [-0.05, 0) is 61.4 Å². The van der Waals surface area contributed by atoms with Crippen molar-refractivity contribution in [1.82, 2.24) is 9.78 Å². The second-order valence-corrected chi connectivity index (χ2v) is 6.48. The highest BCUT2D eigenvalue weighted by atomic mass is 35.5. The lowest BCUT2D eigenvalue weighted by Gasteiger charge is -2.13. The predicted molar refractivity (Wildman–Crippen MR) is 97.4 cm³/mol. The molecule has 3 aromatic rings. The molecule has 4 nitrogen and oxygen atoms in total. The molecular weight excluding hydrogens is 379 g/mol. The third-order valence-electron chi connectivity index (χ3n) is 4.12. The summed E-state index contributed by atoms with van der Waals surface area (Å²) >= 11 is 5.78. The number of nitrogens with one attached hydrogen (secondary N) is 1. The summed E-state index contributed by atoms with van der Waals surface area (Å²) in [4.78, 5) is 12.5. The Balaban J connectivity index is 2.01. The van der Waals surface area contributed by atoms with Crippen molar-refractivity contribution in [3.05, 3.63) is 76.1 Å². The molecule has 3 rings (SSSR count). The largest absolute Gasteiger partial charge is 0.434 e. The van der Waals surface area contributed by atoms with E-state index in [0.717, 1.165) is 17.3 Å². The SMILES string of the molecule is Cc1ccc(NC(=O)c2cnn(-c3ccc(Cl)cc3)c2C(F)(F)F)cc1C. The van der Waals surface area contributed by atoms with E-state index >= 15 is 0 Å². The molecule has 0 radical (unpaired) electrons. The molecule has 8 heteroatoms. The topological polar surface area (TPSA) is 46.9 Å². The van der Waals surface area contributed by atoms with Gasteiger partial charge in [0.05, 0.1) is 17.4 Å². The van der Waals surface area contributed by atoms with Crippen LogP contribution in [0.3, 0.4) is 0 Å². The Morgan fingerprint density at radius 2 is 1.74 bits per heavy atom. The number of aromatic nitrogens is 2. The van der Waals surface area contributed by atoms with Crippen molar-refractivity contribution in [2.24, 2.45) is 0 Å². The standard InChI is InChI=1S/C19H15ClF3N3O/c1-11-3-6-14(9-12(11)2)25-18(27)16-10-24-26(17(16)19(21,22)23)15-7-4-13(20)5-8-15/h3-10H,1-2H3,(H,25,27). The summed E-state index contributed by atoms with van der Waals surface area (Å²) in [6.07, 6.45) is -3.86. The van der Waals surface area contributed by atoms with Crippen LogP contribution in [0.15, 0.2) is 48.7 Å². The highest BCUT2D eigenvalue weighted by Gasteiger charge is 2.40. The van der Waals surface area contributed by atoms with Crippen LogP contribution >= 0.6 is 11.6 Å². The molecule has 0 saturated heterocycles. The van der Waals surface area contributed by atoms with Gasteiger partial charge in [-0.1, -0.05) is 17.7 Å². The van der Waals surface area contributed by atoms with E-state index in [1.807, 2.05) is 13.8 Å². The monoisotopic (exact) mass is 393 g/mol. The average molecular weight is 394 g/mol.